The number of hydrazone groups is 1. The van der Waals surface area contributed by atoms with Crippen LogP contribution in [-0.2, 0) is 0 Å². The summed E-state index contributed by atoms with van der Waals surface area (Å²) in [4.78, 5) is 23.9. The van der Waals surface area contributed by atoms with Crippen molar-refractivity contribution in [1.82, 2.24) is 15.0 Å². The maximum absolute atomic E-state index is 11.3. The molecule has 12 heteroatoms. The number of ether oxygens (including phenoxy) is 2. The Hall–Kier alpha value is -5.26. The molecular weight excluding hydrogens is 464 g/mol. The zero-order valence-corrected chi connectivity index (χ0v) is 19.4. The van der Waals surface area contributed by atoms with Gasteiger partial charge in [-0.15, -0.1) is 0 Å². The molecule has 4 aromatic rings. The highest BCUT2D eigenvalue weighted by molar-refractivity contribution is 5.86. The minimum absolute atomic E-state index is 0.0944. The van der Waals surface area contributed by atoms with Gasteiger partial charge in [0.25, 0.3) is 0 Å². The average molecular weight is 486 g/mol. The molecule has 0 radical (unpaired) electrons. The highest BCUT2D eigenvalue weighted by Gasteiger charge is 2.17. The van der Waals surface area contributed by atoms with E-state index in [1.165, 1.54) is 19.4 Å². The first-order valence-electron chi connectivity index (χ1n) is 10.7. The second-order valence-electron chi connectivity index (χ2n) is 7.18. The molecule has 1 heterocycles. The molecule has 0 aliphatic heterocycles. The lowest BCUT2D eigenvalue weighted by Crippen LogP contribution is -2.07. The largest absolute Gasteiger partial charge is 0.497 e. The van der Waals surface area contributed by atoms with Crippen molar-refractivity contribution in [3.05, 3.63) is 88.5 Å². The fraction of sp³-hybridized carbons (Fsp3) is 0.0833. The molecule has 3 aromatic carbocycles. The number of benzene rings is 3. The molecule has 0 bridgehead atoms. The molecule has 0 unspecified atom stereocenters. The zero-order valence-electron chi connectivity index (χ0n) is 19.4. The van der Waals surface area contributed by atoms with E-state index in [1.54, 1.807) is 19.2 Å². The highest BCUT2D eigenvalue weighted by Crippen LogP contribution is 2.29. The first-order chi connectivity index (χ1) is 17.6. The van der Waals surface area contributed by atoms with Crippen molar-refractivity contribution >= 4 is 41.1 Å². The Morgan fingerprint density at radius 1 is 0.806 bits per heavy atom. The van der Waals surface area contributed by atoms with Crippen LogP contribution in [0.25, 0.3) is 0 Å². The number of nitrogens with one attached hydrogen (secondary N) is 3. The third-order valence-corrected chi connectivity index (χ3v) is 4.81. The topological polar surface area (TPSA) is 149 Å². The molecule has 0 saturated carbocycles. The standard InChI is InChI=1S/C24H22N8O4/c1-35-19-13-11-18(12-14-19)27-23-28-22(26-17-8-4-3-5-9-17)29-24(30-23)31-25-15-16-7-6-10-20(32(33)34)21(16)36-2/h3-15H,1-2H3,(H3,26,27,28,29,30,31). The quantitative estimate of drug-likeness (QED) is 0.163. The van der Waals surface area contributed by atoms with Crippen molar-refractivity contribution in [2.75, 3.05) is 30.3 Å². The van der Waals surface area contributed by atoms with Crippen LogP contribution < -0.4 is 25.5 Å². The van der Waals surface area contributed by atoms with Gasteiger partial charge in [-0.25, -0.2) is 5.43 Å². The first kappa shape index (κ1) is 23.9. The van der Waals surface area contributed by atoms with E-state index in [0.29, 0.717) is 5.56 Å². The molecule has 182 valence electrons. The molecule has 4 rings (SSSR count). The number of nitro groups is 1. The number of nitro benzene ring substituents is 1. The van der Waals surface area contributed by atoms with Crippen LogP contribution in [0.3, 0.4) is 0 Å². The summed E-state index contributed by atoms with van der Waals surface area (Å²) in [7, 11) is 2.95. The van der Waals surface area contributed by atoms with Crippen LogP contribution in [0.4, 0.5) is 34.9 Å². The highest BCUT2D eigenvalue weighted by atomic mass is 16.6. The summed E-state index contributed by atoms with van der Waals surface area (Å²) >= 11 is 0. The summed E-state index contributed by atoms with van der Waals surface area (Å²) in [5, 5.41) is 21.6. The summed E-state index contributed by atoms with van der Waals surface area (Å²) in [6.07, 6.45) is 1.39. The molecule has 0 aliphatic carbocycles. The van der Waals surface area contributed by atoms with Gasteiger partial charge in [-0.1, -0.05) is 24.3 Å². The van der Waals surface area contributed by atoms with Crippen molar-refractivity contribution in [2.24, 2.45) is 5.10 Å². The van der Waals surface area contributed by atoms with Crippen LogP contribution in [0.1, 0.15) is 5.56 Å². The van der Waals surface area contributed by atoms with Gasteiger partial charge in [0, 0.05) is 23.0 Å². The summed E-state index contributed by atoms with van der Waals surface area (Å²) in [5.74, 6) is 1.49. The summed E-state index contributed by atoms with van der Waals surface area (Å²) in [6.45, 7) is 0. The Balaban J connectivity index is 1.60. The Kier molecular flexibility index (Phi) is 7.46. The lowest BCUT2D eigenvalue weighted by Gasteiger charge is -2.10. The molecular formula is C24H22N8O4. The van der Waals surface area contributed by atoms with Gasteiger partial charge in [0.1, 0.15) is 5.75 Å². The van der Waals surface area contributed by atoms with Gasteiger partial charge in [-0.05, 0) is 42.5 Å². The minimum atomic E-state index is -0.520. The fourth-order valence-corrected chi connectivity index (χ4v) is 3.16. The van der Waals surface area contributed by atoms with Gasteiger partial charge < -0.3 is 20.1 Å². The Labute approximate surface area is 206 Å². The monoisotopic (exact) mass is 486 g/mol. The molecule has 0 spiro atoms. The van der Waals surface area contributed by atoms with Gasteiger partial charge in [-0.2, -0.15) is 20.1 Å². The molecule has 0 atom stereocenters. The van der Waals surface area contributed by atoms with Crippen LogP contribution in [0.2, 0.25) is 0 Å². The molecule has 12 nitrogen and oxygen atoms in total. The number of methoxy groups -OCH3 is 2. The molecule has 3 N–H and O–H groups in total. The minimum Gasteiger partial charge on any atom is -0.497 e. The van der Waals surface area contributed by atoms with E-state index >= 15 is 0 Å². The van der Waals surface area contributed by atoms with Crippen LogP contribution in [-0.4, -0.2) is 40.3 Å². The van der Waals surface area contributed by atoms with E-state index in [0.717, 1.165) is 17.1 Å². The van der Waals surface area contributed by atoms with Crippen molar-refractivity contribution in [2.45, 2.75) is 0 Å². The number of hydrogen-bond acceptors (Lipinski definition) is 11. The lowest BCUT2D eigenvalue weighted by atomic mass is 10.2. The fourth-order valence-electron chi connectivity index (χ4n) is 3.16. The van der Waals surface area contributed by atoms with Gasteiger partial charge in [-0.3, -0.25) is 10.1 Å². The normalized spacial score (nSPS) is 10.6. The Morgan fingerprint density at radius 3 is 2.06 bits per heavy atom. The smallest absolute Gasteiger partial charge is 0.311 e. The predicted molar refractivity (Wildman–Crippen MR) is 137 cm³/mol. The Morgan fingerprint density at radius 2 is 1.44 bits per heavy atom. The molecule has 0 amide bonds. The van der Waals surface area contributed by atoms with E-state index < -0.39 is 4.92 Å². The molecule has 0 fully saturated rings. The van der Waals surface area contributed by atoms with E-state index in [-0.39, 0.29) is 29.3 Å². The van der Waals surface area contributed by atoms with Crippen molar-refractivity contribution in [3.63, 3.8) is 0 Å². The number of nitrogens with zero attached hydrogens (tertiary/aromatic N) is 5. The van der Waals surface area contributed by atoms with Gasteiger partial charge in [0.05, 0.1) is 25.4 Å². The number of rotatable bonds is 10. The first-order valence-corrected chi connectivity index (χ1v) is 10.7. The summed E-state index contributed by atoms with van der Waals surface area (Å²) in [5.41, 5.74) is 4.52. The maximum atomic E-state index is 11.3. The SMILES string of the molecule is COc1ccc(Nc2nc(NN=Cc3cccc([N+](=O)[O-])c3OC)nc(Nc3ccccc3)n2)cc1. The van der Waals surface area contributed by atoms with E-state index in [2.05, 4.69) is 36.1 Å². The van der Waals surface area contributed by atoms with Crippen LogP contribution in [0.15, 0.2) is 77.9 Å². The van der Waals surface area contributed by atoms with Crippen molar-refractivity contribution < 1.29 is 14.4 Å². The second-order valence-corrected chi connectivity index (χ2v) is 7.18. The lowest BCUT2D eigenvalue weighted by molar-refractivity contribution is -0.385. The maximum Gasteiger partial charge on any atom is 0.311 e. The van der Waals surface area contributed by atoms with Gasteiger partial charge in [0.15, 0.2) is 0 Å². The summed E-state index contributed by atoms with van der Waals surface area (Å²) in [6, 6.07) is 21.2. The van der Waals surface area contributed by atoms with E-state index in [1.807, 2.05) is 54.6 Å². The molecule has 0 saturated heterocycles. The summed E-state index contributed by atoms with van der Waals surface area (Å²) < 4.78 is 10.4. The predicted octanol–water partition coefficient (Wildman–Crippen LogP) is 4.73. The number of para-hydroxylation sites is 2. The second kappa shape index (κ2) is 11.2. The van der Waals surface area contributed by atoms with Crippen molar-refractivity contribution in [1.29, 1.82) is 0 Å². The zero-order chi connectivity index (χ0) is 25.3. The van der Waals surface area contributed by atoms with Crippen LogP contribution in [0.5, 0.6) is 11.5 Å². The average Bonchev–Trinajstić information content (AvgIpc) is 2.89. The third kappa shape index (κ3) is 5.99. The van der Waals surface area contributed by atoms with E-state index in [4.69, 9.17) is 9.47 Å². The third-order valence-electron chi connectivity index (χ3n) is 4.81. The van der Waals surface area contributed by atoms with Crippen molar-refractivity contribution in [3.8, 4) is 11.5 Å². The molecule has 0 aliphatic rings. The molecule has 1 aromatic heterocycles. The number of hydrogen-bond donors (Lipinski definition) is 3. The molecule has 36 heavy (non-hydrogen) atoms. The number of aromatic nitrogens is 3. The van der Waals surface area contributed by atoms with Crippen LogP contribution in [0, 0.1) is 10.1 Å². The Bertz CT molecular complexity index is 1360. The van der Waals surface area contributed by atoms with Crippen LogP contribution >= 0.6 is 0 Å². The number of anilines is 5. The van der Waals surface area contributed by atoms with Gasteiger partial charge >= 0.3 is 5.69 Å². The van der Waals surface area contributed by atoms with Gasteiger partial charge in [0.2, 0.25) is 23.6 Å². The van der Waals surface area contributed by atoms with E-state index in [9.17, 15) is 10.1 Å².